The third-order valence-electron chi connectivity index (χ3n) is 5.31. The lowest BCUT2D eigenvalue weighted by molar-refractivity contribution is -0.769. The van der Waals surface area contributed by atoms with E-state index in [1.54, 1.807) is 0 Å². The summed E-state index contributed by atoms with van der Waals surface area (Å²) in [6.45, 7) is 3.06. The molecule has 19 heteroatoms. The molecular weight excluding hydrogens is 563 g/mol. The number of halogens is 3. The quantitative estimate of drug-likeness (QED) is 0.185. The summed E-state index contributed by atoms with van der Waals surface area (Å²) in [5, 5.41) is 8.70. The van der Waals surface area contributed by atoms with E-state index in [1.807, 2.05) is 0 Å². The Labute approximate surface area is 211 Å². The Bertz CT molecular complexity index is 921. The molecule has 0 spiro atoms. The number of hydrogen-bond acceptors (Lipinski definition) is 14. The Kier molecular flexibility index (Phi) is 9.51. The van der Waals surface area contributed by atoms with Crippen molar-refractivity contribution in [1.82, 2.24) is 0 Å². The minimum Gasteiger partial charge on any atom is -0.372 e. The molecule has 4 heterocycles. The average Bonchev–Trinajstić information content (AvgIpc) is 3.47. The van der Waals surface area contributed by atoms with Gasteiger partial charge >= 0.3 is 15.6 Å². The summed E-state index contributed by atoms with van der Waals surface area (Å²) in [7, 11) is -5.69. The first-order valence-electron chi connectivity index (χ1n) is 10.3. The zero-order valence-corrected chi connectivity index (χ0v) is 21.1. The molecule has 4 aliphatic rings. The number of carbonyl (C=O) groups excluding carboxylic acids is 2. The van der Waals surface area contributed by atoms with Crippen LogP contribution in [0.25, 0.3) is 0 Å². The molecule has 0 aromatic heterocycles. The Morgan fingerprint density at radius 1 is 0.861 bits per heavy atom. The van der Waals surface area contributed by atoms with Gasteiger partial charge in [-0.3, -0.25) is 13.8 Å². The molecule has 4 fully saturated rings. The second-order valence-corrected chi connectivity index (χ2v) is 12.3. The summed E-state index contributed by atoms with van der Waals surface area (Å²) in [6.07, 6.45) is -4.36. The number of ether oxygens (including phenoxy) is 4. The Hall–Kier alpha value is -1.22. The summed E-state index contributed by atoms with van der Waals surface area (Å²) in [6, 6.07) is 0. The van der Waals surface area contributed by atoms with Gasteiger partial charge in [0.1, 0.15) is 30.5 Å². The van der Waals surface area contributed by atoms with Gasteiger partial charge in [-0.05, 0) is 0 Å². The topological polar surface area (TPSA) is 167 Å². The number of alkyl halides is 3. The molecule has 4 rings (SSSR count). The molecule has 0 radical (unpaired) electrons. The van der Waals surface area contributed by atoms with Gasteiger partial charge < -0.3 is 23.8 Å². The summed E-state index contributed by atoms with van der Waals surface area (Å²) < 4.78 is 83.9. The van der Waals surface area contributed by atoms with Crippen molar-refractivity contribution in [3.05, 3.63) is 10.1 Å². The first-order valence-corrected chi connectivity index (χ1v) is 13.5. The molecule has 13 nitrogen and oxygen atoms in total. The number of fused-ring (bicyclic) bond motifs is 2. The molecule has 0 aromatic carbocycles. The van der Waals surface area contributed by atoms with Gasteiger partial charge in [0, 0.05) is 13.8 Å². The second kappa shape index (κ2) is 11.7. The fourth-order valence-electron chi connectivity index (χ4n) is 3.99. The molecule has 36 heavy (non-hydrogen) atoms. The van der Waals surface area contributed by atoms with Gasteiger partial charge in [0.2, 0.25) is 0 Å². The van der Waals surface area contributed by atoms with E-state index in [1.165, 1.54) is 13.8 Å². The van der Waals surface area contributed by atoms with Gasteiger partial charge in [-0.15, -0.1) is 10.1 Å². The number of rotatable bonds is 6. The van der Waals surface area contributed by atoms with Crippen molar-refractivity contribution in [3.63, 3.8) is 0 Å². The zero-order chi connectivity index (χ0) is 26.8. The third kappa shape index (κ3) is 7.00. The lowest BCUT2D eigenvalue weighted by Gasteiger charge is -2.17. The minimum absolute atomic E-state index is 0.0171. The highest BCUT2D eigenvalue weighted by molar-refractivity contribution is 8.14. The van der Waals surface area contributed by atoms with Crippen molar-refractivity contribution in [2.24, 2.45) is 0 Å². The van der Waals surface area contributed by atoms with E-state index in [4.69, 9.17) is 18.9 Å². The van der Waals surface area contributed by atoms with Gasteiger partial charge in [0.15, 0.2) is 16.3 Å². The number of nitrogens with zero attached hydrogens (tertiary/aromatic N) is 1. The Morgan fingerprint density at radius 3 is 1.69 bits per heavy atom. The molecule has 0 N–H and O–H groups in total. The Balaban J connectivity index is 0.000000205. The maximum atomic E-state index is 12.2. The lowest BCUT2D eigenvalue weighted by Crippen LogP contribution is -2.37. The highest BCUT2D eigenvalue weighted by atomic mass is 32.2. The van der Waals surface area contributed by atoms with E-state index in [-0.39, 0.29) is 46.7 Å². The van der Waals surface area contributed by atoms with Crippen LogP contribution in [0.2, 0.25) is 0 Å². The highest BCUT2D eigenvalue weighted by Crippen LogP contribution is 2.38. The van der Waals surface area contributed by atoms with E-state index in [0.717, 1.165) is 23.5 Å². The molecule has 4 unspecified atom stereocenters. The molecule has 8 atom stereocenters. The molecule has 0 bridgehead atoms. The van der Waals surface area contributed by atoms with Crippen molar-refractivity contribution in [2.45, 2.75) is 66.5 Å². The van der Waals surface area contributed by atoms with Gasteiger partial charge in [-0.2, -0.15) is 21.6 Å². The predicted octanol–water partition coefficient (Wildman–Crippen LogP) is 0.676. The third-order valence-corrected chi connectivity index (χ3v) is 8.46. The first kappa shape index (κ1) is 29.3. The van der Waals surface area contributed by atoms with Crippen molar-refractivity contribution < 1.29 is 64.2 Å². The SMILES string of the molecule is CC(=O)S[C@H]1COC2C1OC[C@@H]2OS(=O)(=O)C(F)(F)F.CC(=O)S[C@H]1COC2C1OC[C@H]2O[N+](=O)[O-]. The predicted molar refractivity (Wildman–Crippen MR) is 115 cm³/mol. The van der Waals surface area contributed by atoms with Crippen LogP contribution in [-0.2, 0) is 47.7 Å². The Morgan fingerprint density at radius 2 is 1.28 bits per heavy atom. The van der Waals surface area contributed by atoms with Crippen LogP contribution < -0.4 is 0 Å². The van der Waals surface area contributed by atoms with Gasteiger partial charge in [0.25, 0.3) is 5.09 Å². The summed E-state index contributed by atoms with van der Waals surface area (Å²) in [5.74, 6) is 0. The number of carbonyl (C=O) groups is 2. The fraction of sp³-hybridized carbons (Fsp3) is 0.882. The van der Waals surface area contributed by atoms with Crippen molar-refractivity contribution in [2.75, 3.05) is 26.4 Å². The maximum absolute atomic E-state index is 12.2. The number of thioether (sulfide) groups is 2. The summed E-state index contributed by atoms with van der Waals surface area (Å²) in [5.41, 5.74) is -5.49. The largest absolute Gasteiger partial charge is 0.523 e. The average molecular weight is 586 g/mol. The minimum atomic E-state index is -5.69. The van der Waals surface area contributed by atoms with Crippen LogP contribution >= 0.6 is 23.5 Å². The maximum Gasteiger partial charge on any atom is 0.523 e. The van der Waals surface area contributed by atoms with Gasteiger partial charge in [-0.1, -0.05) is 23.5 Å². The van der Waals surface area contributed by atoms with Crippen molar-refractivity contribution >= 4 is 43.9 Å². The fourth-order valence-corrected chi connectivity index (χ4v) is 6.47. The van der Waals surface area contributed by atoms with E-state index in [9.17, 15) is 41.3 Å². The van der Waals surface area contributed by atoms with Crippen LogP contribution in [0.3, 0.4) is 0 Å². The van der Waals surface area contributed by atoms with Crippen LogP contribution in [0, 0.1) is 10.1 Å². The highest BCUT2D eigenvalue weighted by Gasteiger charge is 2.55. The van der Waals surface area contributed by atoms with Crippen molar-refractivity contribution in [3.8, 4) is 0 Å². The van der Waals surface area contributed by atoms with E-state index < -0.39 is 51.2 Å². The lowest BCUT2D eigenvalue weighted by atomic mass is 10.1. The summed E-state index contributed by atoms with van der Waals surface area (Å²) >= 11 is 2.09. The van der Waals surface area contributed by atoms with Gasteiger partial charge in [-0.25, -0.2) is 0 Å². The normalized spacial score (nSPS) is 35.5. The molecule has 4 saturated heterocycles. The van der Waals surface area contributed by atoms with Crippen LogP contribution in [0.4, 0.5) is 13.2 Å². The number of hydrogen-bond donors (Lipinski definition) is 0. The second-order valence-electron chi connectivity index (χ2n) is 7.89. The van der Waals surface area contributed by atoms with Gasteiger partial charge in [0.05, 0.1) is 36.9 Å². The molecule has 4 aliphatic heterocycles. The van der Waals surface area contributed by atoms with E-state index >= 15 is 0 Å². The smallest absolute Gasteiger partial charge is 0.372 e. The summed E-state index contributed by atoms with van der Waals surface area (Å²) in [4.78, 5) is 36.6. The van der Waals surface area contributed by atoms with Crippen LogP contribution in [-0.4, -0.2) is 103 Å². The first-order chi connectivity index (χ1) is 16.7. The van der Waals surface area contributed by atoms with Crippen molar-refractivity contribution in [1.29, 1.82) is 0 Å². The standard InChI is InChI=1S/C9H11F3O6S2.C8H11NO6S/c1-4(13)19-6-3-17-7-5(2-16-8(6)7)18-20(14,15)9(10,11)12;1-4(10)16-6-3-14-7-5(15-9(11)12)2-13-8(6)7/h5-8H,2-3H2,1H3;5-8H,2-3H2,1H3/t5-,6-,7?,8?;5-,6+,7?,8?/m01/s1. The molecule has 206 valence electrons. The molecular formula is C17H22F3NO12S3. The van der Waals surface area contributed by atoms with Crippen LogP contribution in [0.5, 0.6) is 0 Å². The van der Waals surface area contributed by atoms with E-state index in [0.29, 0.717) is 6.61 Å². The zero-order valence-electron chi connectivity index (χ0n) is 18.7. The molecule has 0 saturated carbocycles. The molecule has 0 aliphatic carbocycles. The van der Waals surface area contributed by atoms with Crippen LogP contribution in [0.15, 0.2) is 0 Å². The monoisotopic (exact) mass is 585 g/mol. The molecule has 0 amide bonds. The molecule has 0 aromatic rings. The van der Waals surface area contributed by atoms with E-state index in [2.05, 4.69) is 9.02 Å². The van der Waals surface area contributed by atoms with Crippen LogP contribution in [0.1, 0.15) is 13.8 Å².